The summed E-state index contributed by atoms with van der Waals surface area (Å²) in [4.78, 5) is 29.6. The van der Waals surface area contributed by atoms with Crippen LogP contribution < -0.4 is 10.1 Å². The van der Waals surface area contributed by atoms with Crippen LogP contribution in [0.15, 0.2) is 60.7 Å². The van der Waals surface area contributed by atoms with E-state index in [0.29, 0.717) is 18.8 Å². The normalized spacial score (nSPS) is 15.6. The predicted molar refractivity (Wildman–Crippen MR) is 117 cm³/mol. The summed E-state index contributed by atoms with van der Waals surface area (Å²) in [6, 6.07) is 19.0. The first-order chi connectivity index (χ1) is 14.5. The summed E-state index contributed by atoms with van der Waals surface area (Å²) in [5.74, 6) is 0.334. The topological polar surface area (TPSA) is 61.9 Å². The van der Waals surface area contributed by atoms with Gasteiger partial charge in [0.2, 0.25) is 5.91 Å². The third-order valence-electron chi connectivity index (χ3n) is 5.30. The van der Waals surface area contributed by atoms with Gasteiger partial charge in [0.15, 0.2) is 6.61 Å². The van der Waals surface area contributed by atoms with Gasteiger partial charge in [0.1, 0.15) is 11.8 Å². The van der Waals surface area contributed by atoms with E-state index in [1.807, 2.05) is 55.1 Å². The minimum Gasteiger partial charge on any atom is -0.484 e. The zero-order valence-electron chi connectivity index (χ0n) is 17.8. The molecule has 2 aromatic rings. The second-order valence-electron chi connectivity index (χ2n) is 7.98. The molecule has 0 spiro atoms. The number of benzene rings is 2. The monoisotopic (exact) mass is 409 g/mol. The number of piperazine rings is 1. The second-order valence-corrected chi connectivity index (χ2v) is 7.98. The molecule has 3 rings (SSSR count). The molecule has 1 fully saturated rings. The zero-order valence-corrected chi connectivity index (χ0v) is 17.8. The van der Waals surface area contributed by atoms with Gasteiger partial charge in [-0.2, -0.15) is 0 Å². The average molecular weight is 410 g/mol. The predicted octanol–water partition coefficient (Wildman–Crippen LogP) is 2.55. The van der Waals surface area contributed by atoms with E-state index in [2.05, 4.69) is 22.3 Å². The Labute approximate surface area is 178 Å². The maximum atomic E-state index is 13.1. The van der Waals surface area contributed by atoms with E-state index in [1.165, 1.54) is 5.56 Å². The third kappa shape index (κ3) is 6.32. The number of rotatable bonds is 8. The van der Waals surface area contributed by atoms with E-state index in [0.717, 1.165) is 19.6 Å². The van der Waals surface area contributed by atoms with Gasteiger partial charge in [0, 0.05) is 32.7 Å². The van der Waals surface area contributed by atoms with Gasteiger partial charge in [-0.15, -0.1) is 0 Å². The Morgan fingerprint density at radius 1 is 0.933 bits per heavy atom. The molecule has 0 bridgehead atoms. The van der Waals surface area contributed by atoms with Crippen LogP contribution in [0.3, 0.4) is 0 Å². The van der Waals surface area contributed by atoms with Crippen LogP contribution in [0.4, 0.5) is 0 Å². The van der Waals surface area contributed by atoms with E-state index < -0.39 is 6.04 Å². The lowest BCUT2D eigenvalue weighted by atomic mass is 10.0. The molecule has 1 saturated heterocycles. The SMILES string of the molecule is CC(C)[C@H](NC(=O)COc1ccccc1)C(=O)N1CCN(Cc2ccccc2)CC1. The Morgan fingerprint density at radius 3 is 2.13 bits per heavy atom. The van der Waals surface area contributed by atoms with Crippen molar-refractivity contribution < 1.29 is 14.3 Å². The molecule has 6 heteroatoms. The highest BCUT2D eigenvalue weighted by atomic mass is 16.5. The number of nitrogens with one attached hydrogen (secondary N) is 1. The van der Waals surface area contributed by atoms with Crippen molar-refractivity contribution in [1.82, 2.24) is 15.1 Å². The Bertz CT molecular complexity index is 803. The fourth-order valence-electron chi connectivity index (χ4n) is 3.56. The number of hydrogen-bond acceptors (Lipinski definition) is 4. The molecule has 0 unspecified atom stereocenters. The van der Waals surface area contributed by atoms with Crippen LogP contribution in [0.25, 0.3) is 0 Å². The van der Waals surface area contributed by atoms with Gasteiger partial charge in [-0.05, 0) is 23.6 Å². The van der Waals surface area contributed by atoms with Crippen LogP contribution in [0.2, 0.25) is 0 Å². The molecule has 0 aromatic heterocycles. The molecule has 160 valence electrons. The number of amides is 2. The lowest BCUT2D eigenvalue weighted by Crippen LogP contribution is -2.56. The van der Waals surface area contributed by atoms with Gasteiger partial charge in [-0.3, -0.25) is 14.5 Å². The van der Waals surface area contributed by atoms with Crippen LogP contribution >= 0.6 is 0 Å². The van der Waals surface area contributed by atoms with Crippen molar-refractivity contribution in [3.8, 4) is 5.75 Å². The third-order valence-corrected chi connectivity index (χ3v) is 5.30. The van der Waals surface area contributed by atoms with Crippen molar-refractivity contribution in [2.75, 3.05) is 32.8 Å². The largest absolute Gasteiger partial charge is 0.484 e. The molecule has 1 aliphatic rings. The molecule has 1 heterocycles. The van der Waals surface area contributed by atoms with Crippen molar-refractivity contribution in [1.29, 1.82) is 0 Å². The quantitative estimate of drug-likeness (QED) is 0.728. The number of carbonyl (C=O) groups is 2. The summed E-state index contributed by atoms with van der Waals surface area (Å²) >= 11 is 0. The average Bonchev–Trinajstić information content (AvgIpc) is 2.77. The highest BCUT2D eigenvalue weighted by molar-refractivity contribution is 5.88. The lowest BCUT2D eigenvalue weighted by Gasteiger charge is -2.37. The summed E-state index contributed by atoms with van der Waals surface area (Å²) in [6.45, 7) is 7.69. The van der Waals surface area contributed by atoms with Crippen molar-refractivity contribution in [2.24, 2.45) is 5.92 Å². The van der Waals surface area contributed by atoms with Crippen LogP contribution in [0.5, 0.6) is 5.75 Å². The molecule has 0 saturated carbocycles. The lowest BCUT2D eigenvalue weighted by molar-refractivity contribution is -0.139. The smallest absolute Gasteiger partial charge is 0.258 e. The number of nitrogens with zero attached hydrogens (tertiary/aromatic N) is 2. The second kappa shape index (κ2) is 10.8. The van der Waals surface area contributed by atoms with E-state index in [1.54, 1.807) is 12.1 Å². The maximum Gasteiger partial charge on any atom is 0.258 e. The molecule has 2 aromatic carbocycles. The molecule has 0 aliphatic carbocycles. The fraction of sp³-hybridized carbons (Fsp3) is 0.417. The Balaban J connectivity index is 1.48. The summed E-state index contributed by atoms with van der Waals surface area (Å²) < 4.78 is 5.50. The zero-order chi connectivity index (χ0) is 21.3. The number of ether oxygens (including phenoxy) is 1. The minimum absolute atomic E-state index is 0.000485. The minimum atomic E-state index is -0.544. The van der Waals surface area contributed by atoms with E-state index in [9.17, 15) is 9.59 Å². The van der Waals surface area contributed by atoms with Crippen molar-refractivity contribution in [3.63, 3.8) is 0 Å². The molecular weight excluding hydrogens is 378 g/mol. The maximum absolute atomic E-state index is 13.1. The summed E-state index contributed by atoms with van der Waals surface area (Å²) in [5.41, 5.74) is 1.28. The van der Waals surface area contributed by atoms with Crippen molar-refractivity contribution >= 4 is 11.8 Å². The highest BCUT2D eigenvalue weighted by Crippen LogP contribution is 2.13. The van der Waals surface area contributed by atoms with E-state index in [4.69, 9.17) is 4.74 Å². The Hall–Kier alpha value is -2.86. The first kappa shape index (κ1) is 21.8. The van der Waals surface area contributed by atoms with Gasteiger partial charge in [-0.25, -0.2) is 0 Å². The van der Waals surface area contributed by atoms with Crippen molar-refractivity contribution in [2.45, 2.75) is 26.4 Å². The highest BCUT2D eigenvalue weighted by Gasteiger charge is 2.30. The molecule has 1 N–H and O–H groups in total. The molecule has 30 heavy (non-hydrogen) atoms. The summed E-state index contributed by atoms with van der Waals surface area (Å²) in [5, 5.41) is 2.87. The van der Waals surface area contributed by atoms with Crippen LogP contribution in [-0.4, -0.2) is 60.4 Å². The van der Waals surface area contributed by atoms with E-state index in [-0.39, 0.29) is 24.3 Å². The van der Waals surface area contributed by atoms with Crippen LogP contribution in [0.1, 0.15) is 19.4 Å². The van der Waals surface area contributed by atoms with Gasteiger partial charge < -0.3 is 15.0 Å². The first-order valence-electron chi connectivity index (χ1n) is 10.5. The summed E-state index contributed by atoms with van der Waals surface area (Å²) in [7, 11) is 0. The van der Waals surface area contributed by atoms with Crippen molar-refractivity contribution in [3.05, 3.63) is 66.2 Å². The number of carbonyl (C=O) groups excluding carboxylic acids is 2. The molecule has 1 atom stereocenters. The Kier molecular flexibility index (Phi) is 7.85. The van der Waals surface area contributed by atoms with Gasteiger partial charge in [-0.1, -0.05) is 62.4 Å². The van der Waals surface area contributed by atoms with Crippen LogP contribution in [-0.2, 0) is 16.1 Å². The van der Waals surface area contributed by atoms with Gasteiger partial charge in [0.25, 0.3) is 5.91 Å². The molecular formula is C24H31N3O3. The Morgan fingerprint density at radius 2 is 1.53 bits per heavy atom. The first-order valence-corrected chi connectivity index (χ1v) is 10.5. The number of para-hydroxylation sites is 1. The standard InChI is InChI=1S/C24H31N3O3/c1-19(2)23(25-22(28)18-30-21-11-7-4-8-12-21)24(29)27-15-13-26(14-16-27)17-20-9-5-3-6-10-20/h3-12,19,23H,13-18H2,1-2H3,(H,25,28)/t23-/m0/s1. The van der Waals surface area contributed by atoms with Gasteiger partial charge in [0.05, 0.1) is 0 Å². The molecule has 6 nitrogen and oxygen atoms in total. The summed E-state index contributed by atoms with van der Waals surface area (Å²) in [6.07, 6.45) is 0. The molecule has 2 amide bonds. The number of hydrogen-bond donors (Lipinski definition) is 1. The van der Waals surface area contributed by atoms with E-state index >= 15 is 0 Å². The van der Waals surface area contributed by atoms with Gasteiger partial charge >= 0.3 is 0 Å². The van der Waals surface area contributed by atoms with Crippen LogP contribution in [0, 0.1) is 5.92 Å². The molecule has 0 radical (unpaired) electrons. The fourth-order valence-corrected chi connectivity index (χ4v) is 3.56. The molecule has 1 aliphatic heterocycles.